The van der Waals surface area contributed by atoms with E-state index in [9.17, 15) is 8.42 Å². The van der Waals surface area contributed by atoms with Crippen LogP contribution in [0.2, 0.25) is 0 Å². The number of likely N-dealkylation sites (N-methyl/N-ethyl adjacent to an activating group) is 1. The molecule has 3 aliphatic heterocycles. The van der Waals surface area contributed by atoms with Gasteiger partial charge in [0.15, 0.2) is 0 Å². The van der Waals surface area contributed by atoms with Gasteiger partial charge < -0.3 is 33.8 Å². The molecule has 0 saturated carbocycles. The predicted molar refractivity (Wildman–Crippen MR) is 220 cm³/mol. The van der Waals surface area contributed by atoms with E-state index < -0.39 is 10.0 Å². The van der Waals surface area contributed by atoms with Gasteiger partial charge in [0.05, 0.1) is 38.0 Å². The summed E-state index contributed by atoms with van der Waals surface area (Å²) in [5.74, 6) is 3.54. The lowest BCUT2D eigenvalue weighted by Crippen LogP contribution is -2.48. The van der Waals surface area contributed by atoms with E-state index in [1.165, 1.54) is 0 Å². The number of nitrogens with zero attached hydrogens (tertiary/aromatic N) is 9. The lowest BCUT2D eigenvalue weighted by molar-refractivity contribution is 0.122. The summed E-state index contributed by atoms with van der Waals surface area (Å²) in [4.78, 5) is 29.1. The highest BCUT2D eigenvalue weighted by Gasteiger charge is 2.32. The van der Waals surface area contributed by atoms with E-state index in [4.69, 9.17) is 34.1 Å². The molecule has 5 aromatic rings. The van der Waals surface area contributed by atoms with Crippen molar-refractivity contribution in [2.45, 2.75) is 31.3 Å². The van der Waals surface area contributed by atoms with Crippen LogP contribution in [0.15, 0.2) is 90.1 Å². The molecule has 5 heterocycles. The molecule has 0 bridgehead atoms. The van der Waals surface area contributed by atoms with Crippen LogP contribution >= 0.6 is 0 Å². The Morgan fingerprint density at radius 2 is 1.40 bits per heavy atom. The summed E-state index contributed by atoms with van der Waals surface area (Å²) in [5, 5.41) is 0. The minimum absolute atomic E-state index is 0.291. The number of ether oxygens (including phenoxy) is 3. The number of fused-ring (bicyclic) bond motifs is 1. The molecule has 3 aliphatic rings. The van der Waals surface area contributed by atoms with E-state index >= 15 is 0 Å². The van der Waals surface area contributed by atoms with Crippen molar-refractivity contribution in [3.63, 3.8) is 0 Å². The summed E-state index contributed by atoms with van der Waals surface area (Å²) in [7, 11) is -0.338. The first-order valence-corrected chi connectivity index (χ1v) is 20.9. The molecule has 0 N–H and O–H groups in total. The Morgan fingerprint density at radius 1 is 0.772 bits per heavy atom. The van der Waals surface area contributed by atoms with Crippen LogP contribution in [0.4, 0.5) is 23.4 Å². The summed E-state index contributed by atoms with van der Waals surface area (Å²) in [6.45, 7) is 9.72. The summed E-state index contributed by atoms with van der Waals surface area (Å²) in [6, 6.07) is 23.3. The normalized spacial score (nSPS) is 16.4. The quantitative estimate of drug-likeness (QED) is 0.159. The Hall–Kier alpha value is -5.35. The van der Waals surface area contributed by atoms with Crippen LogP contribution in [0.3, 0.4) is 0 Å². The third-order valence-electron chi connectivity index (χ3n) is 10.9. The number of sulfonamides is 1. The van der Waals surface area contributed by atoms with E-state index in [-0.39, 0.29) is 0 Å². The van der Waals surface area contributed by atoms with Gasteiger partial charge in [-0.25, -0.2) is 23.4 Å². The van der Waals surface area contributed by atoms with E-state index in [0.29, 0.717) is 82.2 Å². The molecule has 14 nitrogen and oxygen atoms in total. The summed E-state index contributed by atoms with van der Waals surface area (Å²) < 4.78 is 45.7. The fourth-order valence-electron chi connectivity index (χ4n) is 7.59. The van der Waals surface area contributed by atoms with Gasteiger partial charge in [0, 0.05) is 88.1 Å². The summed E-state index contributed by atoms with van der Waals surface area (Å²) in [5.41, 5.74) is 5.49. The van der Waals surface area contributed by atoms with Crippen LogP contribution in [-0.2, 0) is 34.3 Å². The molecule has 0 unspecified atom stereocenters. The summed E-state index contributed by atoms with van der Waals surface area (Å²) in [6.07, 6.45) is 4.36. The second-order valence-electron chi connectivity index (χ2n) is 14.3. The highest BCUT2D eigenvalue weighted by Crippen LogP contribution is 2.40. The molecule has 0 spiro atoms. The molecule has 2 saturated heterocycles. The molecule has 15 heteroatoms. The zero-order valence-electron chi connectivity index (χ0n) is 32.7. The average Bonchev–Trinajstić information content (AvgIpc) is 3.71. The van der Waals surface area contributed by atoms with Crippen molar-refractivity contribution >= 4 is 33.4 Å². The third kappa shape index (κ3) is 8.37. The van der Waals surface area contributed by atoms with Gasteiger partial charge in [0.2, 0.25) is 21.9 Å². The van der Waals surface area contributed by atoms with E-state index in [1.54, 1.807) is 30.7 Å². The van der Waals surface area contributed by atoms with E-state index in [0.717, 1.165) is 70.6 Å². The maximum absolute atomic E-state index is 13.8. The minimum atomic E-state index is -3.66. The van der Waals surface area contributed by atoms with Crippen molar-refractivity contribution in [2.75, 3.05) is 94.5 Å². The largest absolute Gasteiger partial charge is 0.497 e. The number of benzene rings is 3. The molecule has 0 amide bonds. The van der Waals surface area contributed by atoms with Gasteiger partial charge in [-0.3, -0.25) is 0 Å². The molecule has 3 aromatic carbocycles. The van der Waals surface area contributed by atoms with Crippen LogP contribution in [0, 0.1) is 0 Å². The van der Waals surface area contributed by atoms with Crippen molar-refractivity contribution in [3.05, 3.63) is 102 Å². The van der Waals surface area contributed by atoms with Gasteiger partial charge in [-0.15, -0.1) is 0 Å². The fourth-order valence-corrected chi connectivity index (χ4v) is 9.05. The molecular formula is C42H49N9O5S. The van der Waals surface area contributed by atoms with Crippen molar-refractivity contribution in [1.29, 1.82) is 0 Å². The number of piperazine rings is 1. The monoisotopic (exact) mass is 791 g/mol. The number of morpholine rings is 1. The standard InChI is InChI=1S/C42H49N9O5S/c1-4-47-18-20-50(21-19-47)57(52,53)37-7-5-6-34(26-37)51-17-16-38-39(45-42(46-40(38)51)48-22-24-56-25-23-48)33-27-43-41(44-28-33)49(29-31-8-12-35(54-2)13-9-31)30-32-10-14-36(55-3)15-11-32/h5-15,26-28H,4,16-25,29-30H2,1-3H3. The highest BCUT2D eigenvalue weighted by atomic mass is 32.2. The van der Waals surface area contributed by atoms with Crippen LogP contribution < -0.4 is 24.2 Å². The topological polar surface area (TPSA) is 130 Å². The first-order chi connectivity index (χ1) is 27.8. The Balaban J connectivity index is 1.12. The van der Waals surface area contributed by atoms with Gasteiger partial charge >= 0.3 is 0 Å². The Kier molecular flexibility index (Phi) is 11.5. The highest BCUT2D eigenvalue weighted by molar-refractivity contribution is 7.89. The van der Waals surface area contributed by atoms with Gasteiger partial charge in [-0.1, -0.05) is 37.3 Å². The third-order valence-corrected chi connectivity index (χ3v) is 12.8. The Bertz CT molecular complexity index is 2200. The first-order valence-electron chi connectivity index (χ1n) is 19.5. The Morgan fingerprint density at radius 3 is 2.00 bits per heavy atom. The zero-order chi connectivity index (χ0) is 39.4. The molecule has 2 aromatic heterocycles. The fraction of sp³-hybridized carbons (Fsp3) is 0.381. The van der Waals surface area contributed by atoms with Crippen molar-refractivity contribution in [1.82, 2.24) is 29.1 Å². The number of rotatable bonds is 13. The predicted octanol–water partition coefficient (Wildman–Crippen LogP) is 5.01. The lowest BCUT2D eigenvalue weighted by Gasteiger charge is -2.33. The molecule has 8 rings (SSSR count). The van der Waals surface area contributed by atoms with E-state index in [1.807, 2.05) is 48.8 Å². The second kappa shape index (κ2) is 17.0. The van der Waals surface area contributed by atoms with Crippen molar-refractivity contribution in [2.24, 2.45) is 0 Å². The number of aromatic nitrogens is 4. The number of hydrogen-bond donors (Lipinski definition) is 0. The molecular weight excluding hydrogens is 743 g/mol. The smallest absolute Gasteiger partial charge is 0.243 e. The van der Waals surface area contributed by atoms with Gasteiger partial charge in [-0.05, 0) is 66.6 Å². The zero-order valence-corrected chi connectivity index (χ0v) is 33.6. The minimum Gasteiger partial charge on any atom is -0.497 e. The lowest BCUT2D eigenvalue weighted by atomic mass is 10.1. The molecule has 57 heavy (non-hydrogen) atoms. The molecule has 0 atom stereocenters. The number of anilines is 4. The Labute approximate surface area is 334 Å². The second-order valence-corrected chi connectivity index (χ2v) is 16.3. The van der Waals surface area contributed by atoms with Crippen molar-refractivity contribution in [3.8, 4) is 22.8 Å². The van der Waals surface area contributed by atoms with Gasteiger partial charge in [-0.2, -0.15) is 9.29 Å². The first kappa shape index (κ1) is 38.5. The molecule has 2 fully saturated rings. The van der Waals surface area contributed by atoms with E-state index in [2.05, 4.69) is 50.8 Å². The van der Waals surface area contributed by atoms with Crippen LogP contribution in [0.1, 0.15) is 23.6 Å². The summed E-state index contributed by atoms with van der Waals surface area (Å²) >= 11 is 0. The molecule has 0 radical (unpaired) electrons. The number of methoxy groups -OCH3 is 2. The maximum Gasteiger partial charge on any atom is 0.243 e. The van der Waals surface area contributed by atoms with Gasteiger partial charge in [0.1, 0.15) is 17.3 Å². The van der Waals surface area contributed by atoms with Crippen LogP contribution in [-0.4, -0.2) is 117 Å². The molecule has 298 valence electrons. The maximum atomic E-state index is 13.8. The van der Waals surface area contributed by atoms with Crippen LogP contribution in [0.5, 0.6) is 11.5 Å². The van der Waals surface area contributed by atoms with Gasteiger partial charge in [0.25, 0.3) is 0 Å². The SMILES string of the molecule is CCN1CCN(S(=O)(=O)c2cccc(N3CCc4c(-c5cnc(N(Cc6ccc(OC)cc6)Cc6ccc(OC)cc6)nc5)nc(N5CCOCC5)nc43)c2)CC1. The number of hydrogen-bond acceptors (Lipinski definition) is 13. The van der Waals surface area contributed by atoms with Crippen LogP contribution in [0.25, 0.3) is 11.3 Å². The molecule has 0 aliphatic carbocycles. The average molecular weight is 792 g/mol. The van der Waals surface area contributed by atoms with Crippen molar-refractivity contribution < 1.29 is 22.6 Å².